The van der Waals surface area contributed by atoms with Gasteiger partial charge in [-0.1, -0.05) is 68.1 Å². The van der Waals surface area contributed by atoms with Crippen molar-refractivity contribution in [2.45, 2.75) is 57.7 Å². The van der Waals surface area contributed by atoms with Crippen molar-refractivity contribution in [2.75, 3.05) is 18.4 Å². The predicted molar refractivity (Wildman–Crippen MR) is 180 cm³/mol. The Bertz CT molecular complexity index is 1570. The van der Waals surface area contributed by atoms with Gasteiger partial charge in [0.2, 0.25) is 11.8 Å². The number of thioether (sulfide) groups is 1. The summed E-state index contributed by atoms with van der Waals surface area (Å²) in [4.78, 5) is 85.4. The highest BCUT2D eigenvalue weighted by molar-refractivity contribution is 8.14. The number of carbonyl (C=O) groups excluding carboxylic acids is 6. The van der Waals surface area contributed by atoms with Crippen molar-refractivity contribution in [2.24, 2.45) is 5.92 Å². The average Bonchev–Trinajstić information content (AvgIpc) is 3.29. The van der Waals surface area contributed by atoms with Gasteiger partial charge in [0.15, 0.2) is 5.12 Å². The molecule has 12 heteroatoms. The van der Waals surface area contributed by atoms with Crippen LogP contribution in [0.1, 0.15) is 66.3 Å². The van der Waals surface area contributed by atoms with Gasteiger partial charge < -0.3 is 10.6 Å². The number of imide groups is 2. The number of rotatable bonds is 14. The highest BCUT2D eigenvalue weighted by Crippen LogP contribution is 2.25. The Morgan fingerprint density at radius 3 is 2.15 bits per heavy atom. The van der Waals surface area contributed by atoms with Crippen LogP contribution in [-0.4, -0.2) is 73.9 Å². The molecule has 2 heterocycles. The Hall–Kier alpha value is -4.84. The topological polar surface area (TPSA) is 146 Å². The Morgan fingerprint density at radius 1 is 0.894 bits per heavy atom. The minimum absolute atomic E-state index is 0.0560. The van der Waals surface area contributed by atoms with E-state index in [9.17, 15) is 28.8 Å². The Labute approximate surface area is 278 Å². The first kappa shape index (κ1) is 35.0. The lowest BCUT2D eigenvalue weighted by atomic mass is 10.1. The molecule has 6 amide bonds. The van der Waals surface area contributed by atoms with Crippen LogP contribution >= 0.6 is 11.8 Å². The summed E-state index contributed by atoms with van der Waals surface area (Å²) in [6, 6.07) is 17.3. The molecule has 3 aromatic rings. The second-order valence-corrected chi connectivity index (χ2v) is 13.0. The lowest BCUT2D eigenvalue weighted by molar-refractivity contribution is -0.128. The van der Waals surface area contributed by atoms with Crippen molar-refractivity contribution >= 4 is 52.2 Å². The van der Waals surface area contributed by atoms with Crippen LogP contribution in [0.3, 0.4) is 0 Å². The van der Waals surface area contributed by atoms with E-state index in [1.54, 1.807) is 42.6 Å². The third-order valence-electron chi connectivity index (χ3n) is 7.58. The van der Waals surface area contributed by atoms with Crippen LogP contribution in [0.5, 0.6) is 0 Å². The van der Waals surface area contributed by atoms with Crippen molar-refractivity contribution in [1.29, 1.82) is 0 Å². The number of nitrogens with one attached hydrogen (secondary N) is 2. The number of anilines is 1. The SMILES string of the molecule is CC(=O)S[C@@H](CCCN1C(=O)c2ccccc2C1=O)C(=O)N(CCC(C)C)C(=O)N[C@@H](Cc1ccccc1)C(=O)Nc1cccnc1. The van der Waals surface area contributed by atoms with E-state index in [-0.39, 0.29) is 43.4 Å². The summed E-state index contributed by atoms with van der Waals surface area (Å²) >= 11 is 0.804. The number of hydrogen-bond acceptors (Lipinski definition) is 8. The van der Waals surface area contributed by atoms with Crippen molar-refractivity contribution < 1.29 is 28.8 Å². The van der Waals surface area contributed by atoms with Crippen LogP contribution in [0.25, 0.3) is 0 Å². The summed E-state index contributed by atoms with van der Waals surface area (Å²) in [6.45, 7) is 5.39. The molecule has 1 aromatic heterocycles. The third-order valence-corrected chi connectivity index (χ3v) is 8.63. The Morgan fingerprint density at radius 2 is 1.55 bits per heavy atom. The number of benzene rings is 2. The molecule has 1 aliphatic rings. The first-order valence-electron chi connectivity index (χ1n) is 15.5. The van der Waals surface area contributed by atoms with Crippen LogP contribution < -0.4 is 10.6 Å². The van der Waals surface area contributed by atoms with Crippen molar-refractivity contribution in [3.05, 3.63) is 95.8 Å². The molecule has 0 unspecified atom stereocenters. The molecule has 0 saturated heterocycles. The number of hydrogen-bond donors (Lipinski definition) is 2. The Kier molecular flexibility index (Phi) is 12.4. The maximum absolute atomic E-state index is 14.0. The van der Waals surface area contributed by atoms with Gasteiger partial charge in [0.25, 0.3) is 11.8 Å². The zero-order valence-electron chi connectivity index (χ0n) is 26.7. The van der Waals surface area contributed by atoms with Crippen LogP contribution in [0.2, 0.25) is 0 Å². The van der Waals surface area contributed by atoms with Gasteiger partial charge in [-0.25, -0.2) is 4.79 Å². The van der Waals surface area contributed by atoms with Crippen molar-refractivity contribution in [3.8, 4) is 0 Å². The molecule has 1 aliphatic heterocycles. The third kappa shape index (κ3) is 9.58. The normalized spacial score (nSPS) is 13.6. The number of amides is 6. The quantitative estimate of drug-likeness (QED) is 0.232. The molecule has 246 valence electrons. The highest BCUT2D eigenvalue weighted by Gasteiger charge is 2.36. The molecule has 0 saturated carbocycles. The maximum atomic E-state index is 14.0. The van der Waals surface area contributed by atoms with E-state index in [0.29, 0.717) is 23.2 Å². The van der Waals surface area contributed by atoms with E-state index >= 15 is 0 Å². The fourth-order valence-electron chi connectivity index (χ4n) is 5.14. The Balaban J connectivity index is 1.51. The van der Waals surface area contributed by atoms with Gasteiger partial charge in [-0.05, 0) is 55.0 Å². The molecule has 4 rings (SSSR count). The molecule has 11 nitrogen and oxygen atoms in total. The zero-order chi connectivity index (χ0) is 33.9. The van der Waals surface area contributed by atoms with Crippen molar-refractivity contribution in [3.63, 3.8) is 0 Å². The van der Waals surface area contributed by atoms with E-state index in [0.717, 1.165) is 27.1 Å². The summed E-state index contributed by atoms with van der Waals surface area (Å²) in [7, 11) is 0. The second kappa shape index (κ2) is 16.6. The maximum Gasteiger partial charge on any atom is 0.324 e. The zero-order valence-corrected chi connectivity index (χ0v) is 27.5. The van der Waals surface area contributed by atoms with E-state index in [1.165, 1.54) is 13.1 Å². The fourth-order valence-corrected chi connectivity index (χ4v) is 6.05. The summed E-state index contributed by atoms with van der Waals surface area (Å²) in [5, 5.41) is 4.28. The number of pyridine rings is 1. The van der Waals surface area contributed by atoms with Crippen LogP contribution in [-0.2, 0) is 20.8 Å². The van der Waals surface area contributed by atoms with E-state index in [2.05, 4.69) is 15.6 Å². The van der Waals surface area contributed by atoms with Gasteiger partial charge in [0.05, 0.1) is 28.3 Å². The van der Waals surface area contributed by atoms with Gasteiger partial charge in [-0.2, -0.15) is 0 Å². The molecule has 2 atom stereocenters. The van der Waals surface area contributed by atoms with Crippen molar-refractivity contribution in [1.82, 2.24) is 20.1 Å². The first-order chi connectivity index (χ1) is 22.5. The van der Waals surface area contributed by atoms with E-state index < -0.39 is 41.0 Å². The molecule has 0 aliphatic carbocycles. The smallest absolute Gasteiger partial charge is 0.324 e. The summed E-state index contributed by atoms with van der Waals surface area (Å²) < 4.78 is 0. The number of fused-ring (bicyclic) bond motifs is 1. The number of urea groups is 1. The van der Waals surface area contributed by atoms with Gasteiger partial charge in [-0.15, -0.1) is 0 Å². The minimum Gasteiger partial charge on any atom is -0.325 e. The van der Waals surface area contributed by atoms with E-state index in [4.69, 9.17) is 0 Å². The molecule has 0 spiro atoms. The monoisotopic (exact) mass is 657 g/mol. The summed E-state index contributed by atoms with van der Waals surface area (Å²) in [6.07, 6.45) is 4.10. The molecular weight excluding hydrogens is 618 g/mol. The second-order valence-electron chi connectivity index (χ2n) is 11.6. The molecular formula is C35H39N5O6S. The lowest BCUT2D eigenvalue weighted by Crippen LogP contribution is -2.54. The molecule has 2 aromatic carbocycles. The molecule has 2 N–H and O–H groups in total. The van der Waals surface area contributed by atoms with Gasteiger partial charge in [-0.3, -0.25) is 38.8 Å². The van der Waals surface area contributed by atoms with Gasteiger partial charge in [0.1, 0.15) is 6.04 Å². The highest BCUT2D eigenvalue weighted by atomic mass is 32.2. The molecule has 47 heavy (non-hydrogen) atoms. The number of nitrogens with zero attached hydrogens (tertiary/aromatic N) is 3. The average molecular weight is 658 g/mol. The number of carbonyl (C=O) groups is 6. The number of aromatic nitrogens is 1. The van der Waals surface area contributed by atoms with Gasteiger partial charge >= 0.3 is 6.03 Å². The standard InChI is InChI=1S/C35H39N5O6S/c1-23(2)17-20-40(35(46)38-29(21-25-11-5-4-6-12-25)31(42)37-26-13-9-18-36-22-26)34(45)30(47-24(3)41)16-10-19-39-32(43)27-14-7-8-15-28(27)33(39)44/h4-9,11-15,18,22-23,29-30H,10,16-17,19-21H2,1-3H3,(H,37,42)(H,38,46)/t29-,30-/m0/s1. The molecule has 0 fully saturated rings. The van der Waals surface area contributed by atoms with Gasteiger partial charge in [0, 0.05) is 32.6 Å². The lowest BCUT2D eigenvalue weighted by Gasteiger charge is -2.28. The summed E-state index contributed by atoms with van der Waals surface area (Å²) in [5.74, 6) is -1.72. The predicted octanol–water partition coefficient (Wildman–Crippen LogP) is 4.94. The summed E-state index contributed by atoms with van der Waals surface area (Å²) in [5.41, 5.74) is 1.92. The van der Waals surface area contributed by atoms with Crippen LogP contribution in [0.4, 0.5) is 10.5 Å². The minimum atomic E-state index is -1.04. The molecule has 0 bridgehead atoms. The largest absolute Gasteiger partial charge is 0.325 e. The fraction of sp³-hybridized carbons (Fsp3) is 0.343. The molecule has 0 radical (unpaired) electrons. The van der Waals surface area contributed by atoms with E-state index in [1.807, 2.05) is 44.2 Å². The first-order valence-corrected chi connectivity index (χ1v) is 16.4. The van der Waals surface area contributed by atoms with Crippen LogP contribution in [0.15, 0.2) is 79.1 Å². The van der Waals surface area contributed by atoms with Crippen LogP contribution in [0, 0.1) is 5.92 Å².